The van der Waals surface area contributed by atoms with Gasteiger partial charge in [-0.15, -0.1) is 0 Å². The monoisotopic (exact) mass is 309 g/mol. The topological polar surface area (TPSA) is 73.2 Å². The predicted octanol–water partition coefficient (Wildman–Crippen LogP) is 1.88. The molecule has 1 N–H and O–H groups in total. The SMILES string of the molecule is CCN(CC)CC(C)NS(=O)(=O)c1cc(C#N)ccc1C. The maximum absolute atomic E-state index is 12.5. The Morgan fingerprint density at radius 2 is 1.95 bits per heavy atom. The molecule has 1 aromatic carbocycles. The number of sulfonamides is 1. The first-order chi connectivity index (χ1) is 9.83. The number of nitrogens with one attached hydrogen (secondary N) is 1. The second-order valence-electron chi connectivity index (χ2n) is 5.10. The Labute approximate surface area is 127 Å². The minimum atomic E-state index is -3.61. The quantitative estimate of drug-likeness (QED) is 0.834. The van der Waals surface area contributed by atoms with Gasteiger partial charge in [-0.3, -0.25) is 0 Å². The highest BCUT2D eigenvalue weighted by atomic mass is 32.2. The van der Waals surface area contributed by atoms with E-state index in [2.05, 4.69) is 9.62 Å². The Bertz CT molecular complexity index is 616. The molecule has 0 aliphatic heterocycles. The van der Waals surface area contributed by atoms with Crippen molar-refractivity contribution in [2.45, 2.75) is 38.6 Å². The summed E-state index contributed by atoms with van der Waals surface area (Å²) >= 11 is 0. The van der Waals surface area contributed by atoms with Crippen LogP contribution in [0.2, 0.25) is 0 Å². The summed E-state index contributed by atoms with van der Waals surface area (Å²) in [6.07, 6.45) is 0. The van der Waals surface area contributed by atoms with Gasteiger partial charge in [0, 0.05) is 12.6 Å². The molecule has 0 saturated heterocycles. The third-order valence-corrected chi connectivity index (χ3v) is 5.12. The summed E-state index contributed by atoms with van der Waals surface area (Å²) in [5.74, 6) is 0. The molecule has 1 rings (SSSR count). The van der Waals surface area contributed by atoms with Crippen molar-refractivity contribution in [1.82, 2.24) is 9.62 Å². The van der Waals surface area contributed by atoms with Crippen molar-refractivity contribution in [3.8, 4) is 6.07 Å². The van der Waals surface area contributed by atoms with E-state index in [1.807, 2.05) is 26.8 Å². The molecule has 21 heavy (non-hydrogen) atoms. The van der Waals surface area contributed by atoms with Gasteiger partial charge in [-0.1, -0.05) is 19.9 Å². The summed E-state index contributed by atoms with van der Waals surface area (Å²) in [4.78, 5) is 2.33. The van der Waals surface area contributed by atoms with E-state index in [-0.39, 0.29) is 10.9 Å². The van der Waals surface area contributed by atoms with E-state index in [1.165, 1.54) is 6.07 Å². The molecule has 116 valence electrons. The highest BCUT2D eigenvalue weighted by molar-refractivity contribution is 7.89. The summed E-state index contributed by atoms with van der Waals surface area (Å²) in [5, 5.41) is 8.91. The van der Waals surface area contributed by atoms with Gasteiger partial charge >= 0.3 is 0 Å². The molecule has 0 heterocycles. The number of nitrogens with zero attached hydrogens (tertiary/aromatic N) is 2. The van der Waals surface area contributed by atoms with E-state index in [9.17, 15) is 8.42 Å². The maximum atomic E-state index is 12.5. The Hall–Kier alpha value is -1.42. The van der Waals surface area contributed by atoms with Crippen molar-refractivity contribution in [1.29, 1.82) is 5.26 Å². The third-order valence-electron chi connectivity index (χ3n) is 3.39. The van der Waals surface area contributed by atoms with E-state index in [0.717, 1.165) is 13.1 Å². The number of nitriles is 1. The molecule has 0 aliphatic carbocycles. The second-order valence-corrected chi connectivity index (χ2v) is 6.78. The zero-order valence-electron chi connectivity index (χ0n) is 13.0. The Kier molecular flexibility index (Phi) is 6.34. The van der Waals surface area contributed by atoms with Crippen LogP contribution in [0.5, 0.6) is 0 Å². The van der Waals surface area contributed by atoms with Crippen molar-refractivity contribution in [2.75, 3.05) is 19.6 Å². The predicted molar refractivity (Wildman–Crippen MR) is 83.5 cm³/mol. The average Bonchev–Trinajstić information content (AvgIpc) is 2.44. The molecule has 0 saturated carbocycles. The standard InChI is InChI=1S/C15H23N3O2S/c1-5-18(6-2)11-13(4)17-21(19,20)15-9-14(10-16)8-7-12(15)3/h7-9,13,17H,5-6,11H2,1-4H3. The van der Waals surface area contributed by atoms with Gasteiger partial charge in [0.25, 0.3) is 0 Å². The third kappa shape index (κ3) is 4.81. The van der Waals surface area contributed by atoms with Crippen LogP contribution in [0.15, 0.2) is 23.1 Å². The van der Waals surface area contributed by atoms with Gasteiger partial charge in [0.05, 0.1) is 16.5 Å². The highest BCUT2D eigenvalue weighted by Gasteiger charge is 2.20. The lowest BCUT2D eigenvalue weighted by Gasteiger charge is -2.23. The smallest absolute Gasteiger partial charge is 0.241 e. The van der Waals surface area contributed by atoms with Crippen LogP contribution in [0.25, 0.3) is 0 Å². The van der Waals surface area contributed by atoms with Crippen LogP contribution < -0.4 is 4.72 Å². The van der Waals surface area contributed by atoms with Crippen molar-refractivity contribution in [2.24, 2.45) is 0 Å². The fraction of sp³-hybridized carbons (Fsp3) is 0.533. The molecule has 1 atom stereocenters. The summed E-state index contributed by atoms with van der Waals surface area (Å²) in [6, 6.07) is 6.47. The van der Waals surface area contributed by atoms with Crippen LogP contribution in [0.1, 0.15) is 31.9 Å². The molecule has 1 aromatic rings. The Balaban J connectivity index is 2.94. The Morgan fingerprint density at radius 3 is 2.48 bits per heavy atom. The number of hydrogen-bond acceptors (Lipinski definition) is 4. The molecule has 1 unspecified atom stereocenters. The molecule has 0 radical (unpaired) electrons. The van der Waals surface area contributed by atoms with Crippen LogP contribution in [-0.2, 0) is 10.0 Å². The van der Waals surface area contributed by atoms with Crippen LogP contribution in [0, 0.1) is 18.3 Å². The van der Waals surface area contributed by atoms with Gasteiger partial charge in [0.2, 0.25) is 10.0 Å². The zero-order valence-corrected chi connectivity index (χ0v) is 13.9. The molecule has 6 heteroatoms. The lowest BCUT2D eigenvalue weighted by molar-refractivity contribution is 0.282. The van der Waals surface area contributed by atoms with Gasteiger partial charge in [-0.05, 0) is 44.6 Å². The van der Waals surface area contributed by atoms with Gasteiger partial charge < -0.3 is 4.90 Å². The van der Waals surface area contributed by atoms with Crippen LogP contribution in [0.4, 0.5) is 0 Å². The number of benzene rings is 1. The van der Waals surface area contributed by atoms with Crippen molar-refractivity contribution >= 4 is 10.0 Å². The number of likely N-dealkylation sites (N-methyl/N-ethyl adjacent to an activating group) is 1. The molecule has 0 aromatic heterocycles. The summed E-state index contributed by atoms with van der Waals surface area (Å²) in [6.45, 7) is 10.1. The van der Waals surface area contributed by atoms with Crippen molar-refractivity contribution < 1.29 is 8.42 Å². The van der Waals surface area contributed by atoms with Gasteiger partial charge in [0.1, 0.15) is 0 Å². The number of rotatable bonds is 7. The first-order valence-corrected chi connectivity index (χ1v) is 8.57. The minimum absolute atomic E-state index is 0.174. The molecule has 0 aliphatic rings. The molecule has 0 bridgehead atoms. The van der Waals surface area contributed by atoms with Crippen LogP contribution in [0.3, 0.4) is 0 Å². The van der Waals surface area contributed by atoms with Gasteiger partial charge in [-0.25, -0.2) is 13.1 Å². The summed E-state index contributed by atoms with van der Waals surface area (Å²) in [7, 11) is -3.61. The second kappa shape index (κ2) is 7.55. The molecule has 0 spiro atoms. The van der Waals surface area contributed by atoms with Gasteiger partial charge in [0.15, 0.2) is 0 Å². The number of aryl methyl sites for hydroxylation is 1. The molecular weight excluding hydrogens is 286 g/mol. The molecule has 0 fully saturated rings. The van der Waals surface area contributed by atoms with E-state index in [1.54, 1.807) is 19.1 Å². The highest BCUT2D eigenvalue weighted by Crippen LogP contribution is 2.17. The number of hydrogen-bond donors (Lipinski definition) is 1. The van der Waals surface area contributed by atoms with Crippen LogP contribution >= 0.6 is 0 Å². The minimum Gasteiger partial charge on any atom is -0.302 e. The first-order valence-electron chi connectivity index (χ1n) is 7.09. The van der Waals surface area contributed by atoms with E-state index < -0.39 is 10.0 Å². The molecular formula is C15H23N3O2S. The zero-order chi connectivity index (χ0) is 16.0. The van der Waals surface area contributed by atoms with Crippen LogP contribution in [-0.4, -0.2) is 39.0 Å². The fourth-order valence-corrected chi connectivity index (χ4v) is 3.70. The lowest BCUT2D eigenvalue weighted by Crippen LogP contribution is -2.42. The summed E-state index contributed by atoms with van der Waals surface area (Å²) < 4.78 is 27.6. The van der Waals surface area contributed by atoms with E-state index >= 15 is 0 Å². The van der Waals surface area contributed by atoms with Crippen molar-refractivity contribution in [3.63, 3.8) is 0 Å². The summed E-state index contributed by atoms with van der Waals surface area (Å²) in [5.41, 5.74) is 0.980. The fourth-order valence-electron chi connectivity index (χ4n) is 2.19. The lowest BCUT2D eigenvalue weighted by atomic mass is 10.2. The Morgan fingerprint density at radius 1 is 1.33 bits per heavy atom. The van der Waals surface area contributed by atoms with Gasteiger partial charge in [-0.2, -0.15) is 5.26 Å². The molecule has 5 nitrogen and oxygen atoms in total. The molecule has 0 amide bonds. The normalized spacial score (nSPS) is 13.1. The van der Waals surface area contributed by atoms with E-state index in [4.69, 9.17) is 5.26 Å². The maximum Gasteiger partial charge on any atom is 0.241 e. The average molecular weight is 309 g/mol. The first kappa shape index (κ1) is 17.6. The van der Waals surface area contributed by atoms with E-state index in [0.29, 0.717) is 17.7 Å². The largest absolute Gasteiger partial charge is 0.302 e. The van der Waals surface area contributed by atoms with Crippen molar-refractivity contribution in [3.05, 3.63) is 29.3 Å².